The maximum atomic E-state index is 11.7. The number of hydrogen-bond donors (Lipinski definition) is 1. The average Bonchev–Trinajstić information content (AvgIpc) is 2.74. The number of fused-ring (bicyclic) bond motifs is 1. The minimum Gasteiger partial charge on any atom is -0.288 e. The van der Waals surface area contributed by atoms with Gasteiger partial charge in [-0.25, -0.2) is 0 Å². The van der Waals surface area contributed by atoms with Crippen LogP contribution in [0.3, 0.4) is 0 Å². The predicted octanol–water partition coefficient (Wildman–Crippen LogP) is 3.59. The molecule has 0 saturated carbocycles. The largest absolute Gasteiger partial charge is 0.288 e. The molecule has 1 aromatic carbocycles. The first-order valence-corrected chi connectivity index (χ1v) is 7.00. The number of carbonyl (C=O) groups is 2. The maximum Gasteiger partial charge on any atom is 0.258 e. The molecule has 1 unspecified atom stereocenters. The van der Waals surface area contributed by atoms with Gasteiger partial charge in [0.05, 0.1) is 11.1 Å². The molecule has 3 nitrogen and oxygen atoms in total. The average molecular weight is 269 g/mol. The van der Waals surface area contributed by atoms with Crippen molar-refractivity contribution in [2.75, 3.05) is 0 Å². The van der Waals surface area contributed by atoms with E-state index in [1.165, 1.54) is 0 Å². The second kappa shape index (κ2) is 6.33. The van der Waals surface area contributed by atoms with E-state index in [0.29, 0.717) is 11.1 Å². The fourth-order valence-corrected chi connectivity index (χ4v) is 2.31. The first kappa shape index (κ1) is 14.3. The van der Waals surface area contributed by atoms with E-state index in [2.05, 4.69) is 31.3 Å². The van der Waals surface area contributed by atoms with Crippen LogP contribution in [0.4, 0.5) is 0 Å². The van der Waals surface area contributed by atoms with Gasteiger partial charge in [0.15, 0.2) is 0 Å². The summed E-state index contributed by atoms with van der Waals surface area (Å²) >= 11 is 0. The minimum absolute atomic E-state index is 0.255. The first-order chi connectivity index (χ1) is 9.67. The van der Waals surface area contributed by atoms with E-state index < -0.39 is 0 Å². The number of carbonyl (C=O) groups excluding carboxylic acids is 2. The van der Waals surface area contributed by atoms with E-state index in [9.17, 15) is 9.59 Å². The Morgan fingerprint density at radius 2 is 1.85 bits per heavy atom. The van der Waals surface area contributed by atoms with Crippen molar-refractivity contribution in [3.63, 3.8) is 0 Å². The molecule has 1 N–H and O–H groups in total. The Kier molecular flexibility index (Phi) is 4.51. The van der Waals surface area contributed by atoms with Crippen LogP contribution < -0.4 is 5.32 Å². The molecule has 0 aromatic heterocycles. The highest BCUT2D eigenvalue weighted by molar-refractivity contribution is 6.21. The van der Waals surface area contributed by atoms with Crippen LogP contribution in [0, 0.1) is 0 Å². The van der Waals surface area contributed by atoms with E-state index >= 15 is 0 Å². The zero-order valence-electron chi connectivity index (χ0n) is 11.8. The first-order valence-electron chi connectivity index (χ1n) is 7.00. The minimum atomic E-state index is -0.300. The number of benzene rings is 1. The lowest BCUT2D eigenvalue weighted by molar-refractivity contribution is 0.0879. The summed E-state index contributed by atoms with van der Waals surface area (Å²) in [5.41, 5.74) is 2.03. The van der Waals surface area contributed by atoms with E-state index in [-0.39, 0.29) is 17.7 Å². The molecule has 1 aliphatic heterocycles. The topological polar surface area (TPSA) is 46.2 Å². The van der Waals surface area contributed by atoms with Gasteiger partial charge < -0.3 is 0 Å². The van der Waals surface area contributed by atoms with Gasteiger partial charge in [-0.2, -0.15) is 0 Å². The van der Waals surface area contributed by atoms with E-state index in [0.717, 1.165) is 18.4 Å². The van der Waals surface area contributed by atoms with Crippen LogP contribution in [-0.4, -0.2) is 11.8 Å². The van der Waals surface area contributed by atoms with Gasteiger partial charge in [-0.05, 0) is 30.5 Å². The summed E-state index contributed by atoms with van der Waals surface area (Å²) in [6, 6.07) is 5.50. The monoisotopic (exact) mass is 269 g/mol. The second-order valence-corrected chi connectivity index (χ2v) is 4.82. The summed E-state index contributed by atoms with van der Waals surface area (Å²) in [6.45, 7) is 4.20. The molecule has 3 heteroatoms. The summed E-state index contributed by atoms with van der Waals surface area (Å²) in [7, 11) is 0. The SMILES string of the molecule is CCC=CC=CC(CC)c1ccc2c(c1)C(=O)NC2=O. The highest BCUT2D eigenvalue weighted by Crippen LogP contribution is 2.25. The van der Waals surface area contributed by atoms with E-state index in [1.54, 1.807) is 6.07 Å². The summed E-state index contributed by atoms with van der Waals surface area (Å²) in [5.74, 6) is -0.340. The Bertz CT molecular complexity index is 585. The fraction of sp³-hybridized carbons (Fsp3) is 0.294. The molecular formula is C17H19NO2. The van der Waals surface area contributed by atoms with Crippen molar-refractivity contribution in [2.45, 2.75) is 32.6 Å². The van der Waals surface area contributed by atoms with Gasteiger partial charge in [-0.3, -0.25) is 14.9 Å². The van der Waals surface area contributed by atoms with Gasteiger partial charge in [-0.1, -0.05) is 44.2 Å². The van der Waals surface area contributed by atoms with Crippen LogP contribution in [0.1, 0.15) is 58.9 Å². The third-order valence-corrected chi connectivity index (χ3v) is 3.45. The van der Waals surface area contributed by atoms with E-state index in [1.807, 2.05) is 24.3 Å². The molecule has 2 rings (SSSR count). The summed E-state index contributed by atoms with van der Waals surface area (Å²) in [5, 5.41) is 2.32. The number of amides is 2. The number of hydrogen-bond acceptors (Lipinski definition) is 2. The van der Waals surface area contributed by atoms with Crippen molar-refractivity contribution in [3.8, 4) is 0 Å². The Hall–Kier alpha value is -2.16. The lowest BCUT2D eigenvalue weighted by Crippen LogP contribution is -2.19. The molecule has 0 radical (unpaired) electrons. The smallest absolute Gasteiger partial charge is 0.258 e. The second-order valence-electron chi connectivity index (χ2n) is 4.82. The maximum absolute atomic E-state index is 11.7. The van der Waals surface area contributed by atoms with Crippen LogP contribution in [0.15, 0.2) is 42.5 Å². The predicted molar refractivity (Wildman–Crippen MR) is 79.8 cm³/mol. The van der Waals surface area contributed by atoms with Crippen molar-refractivity contribution >= 4 is 11.8 Å². The van der Waals surface area contributed by atoms with Gasteiger partial charge in [0, 0.05) is 5.92 Å². The highest BCUT2D eigenvalue weighted by atomic mass is 16.2. The normalized spacial score (nSPS) is 15.9. The molecule has 1 heterocycles. The molecule has 0 spiro atoms. The Balaban J connectivity index is 2.26. The molecular weight excluding hydrogens is 250 g/mol. The third kappa shape index (κ3) is 2.87. The quantitative estimate of drug-likeness (QED) is 0.656. The molecule has 20 heavy (non-hydrogen) atoms. The van der Waals surface area contributed by atoms with Crippen molar-refractivity contribution in [3.05, 3.63) is 59.2 Å². The van der Waals surface area contributed by atoms with Gasteiger partial charge >= 0.3 is 0 Å². The Labute approximate surface area is 119 Å². The van der Waals surface area contributed by atoms with Gasteiger partial charge in [0.2, 0.25) is 0 Å². The number of rotatable bonds is 5. The molecule has 1 aliphatic rings. The lowest BCUT2D eigenvalue weighted by Gasteiger charge is -2.11. The molecule has 0 fully saturated rings. The van der Waals surface area contributed by atoms with Crippen LogP contribution in [0.25, 0.3) is 0 Å². The summed E-state index contributed by atoms with van der Waals surface area (Å²) in [6.07, 6.45) is 10.3. The van der Waals surface area contributed by atoms with Crippen LogP contribution in [0.2, 0.25) is 0 Å². The van der Waals surface area contributed by atoms with Gasteiger partial charge in [-0.15, -0.1) is 0 Å². The Morgan fingerprint density at radius 3 is 2.55 bits per heavy atom. The fourth-order valence-electron chi connectivity index (χ4n) is 2.31. The van der Waals surface area contributed by atoms with Gasteiger partial charge in [0.25, 0.3) is 11.8 Å². The van der Waals surface area contributed by atoms with Crippen LogP contribution >= 0.6 is 0 Å². The van der Waals surface area contributed by atoms with Crippen LogP contribution in [-0.2, 0) is 0 Å². The molecule has 0 aliphatic carbocycles. The van der Waals surface area contributed by atoms with Crippen molar-refractivity contribution in [1.29, 1.82) is 0 Å². The van der Waals surface area contributed by atoms with Gasteiger partial charge in [0.1, 0.15) is 0 Å². The van der Waals surface area contributed by atoms with E-state index in [4.69, 9.17) is 0 Å². The number of imide groups is 1. The van der Waals surface area contributed by atoms with Crippen molar-refractivity contribution in [1.82, 2.24) is 5.32 Å². The van der Waals surface area contributed by atoms with Crippen LogP contribution in [0.5, 0.6) is 0 Å². The number of nitrogens with one attached hydrogen (secondary N) is 1. The molecule has 0 bridgehead atoms. The lowest BCUT2D eigenvalue weighted by atomic mass is 9.93. The molecule has 0 saturated heterocycles. The third-order valence-electron chi connectivity index (χ3n) is 3.45. The summed E-state index contributed by atoms with van der Waals surface area (Å²) < 4.78 is 0. The molecule has 1 aromatic rings. The highest BCUT2D eigenvalue weighted by Gasteiger charge is 2.27. The molecule has 104 valence electrons. The van der Waals surface area contributed by atoms with Crippen molar-refractivity contribution < 1.29 is 9.59 Å². The Morgan fingerprint density at radius 1 is 1.10 bits per heavy atom. The molecule has 1 atom stereocenters. The molecule has 2 amide bonds. The zero-order chi connectivity index (χ0) is 14.5. The summed E-state index contributed by atoms with van der Waals surface area (Å²) in [4.78, 5) is 23.2. The zero-order valence-corrected chi connectivity index (χ0v) is 11.8. The van der Waals surface area contributed by atoms with Crippen molar-refractivity contribution in [2.24, 2.45) is 0 Å². The number of allylic oxidation sites excluding steroid dienone is 4. The standard InChI is InChI=1S/C17H19NO2/c1-3-5-6-7-8-12(4-2)13-9-10-14-15(11-13)17(20)18-16(14)19/h5-12H,3-4H2,1-2H3,(H,18,19,20).